The zero-order valence-corrected chi connectivity index (χ0v) is 10.4. The SMILES string of the molecule is CNc1nnc(CN(C)C(C)(C)CO)s1. The van der Waals surface area contributed by atoms with Crippen LogP contribution in [0.1, 0.15) is 18.9 Å². The van der Waals surface area contributed by atoms with Crippen LogP contribution in [0.3, 0.4) is 0 Å². The third kappa shape index (κ3) is 3.12. The van der Waals surface area contributed by atoms with E-state index in [0.29, 0.717) is 6.54 Å². The first-order valence-corrected chi connectivity index (χ1v) is 5.63. The smallest absolute Gasteiger partial charge is 0.205 e. The Balaban J connectivity index is 2.61. The fourth-order valence-corrected chi connectivity index (χ4v) is 1.70. The summed E-state index contributed by atoms with van der Waals surface area (Å²) in [5, 5.41) is 21.9. The van der Waals surface area contributed by atoms with Gasteiger partial charge in [-0.3, -0.25) is 4.90 Å². The van der Waals surface area contributed by atoms with E-state index in [2.05, 4.69) is 20.4 Å². The summed E-state index contributed by atoms with van der Waals surface area (Å²) < 4.78 is 0. The molecule has 0 fully saturated rings. The number of hydrogen-bond acceptors (Lipinski definition) is 6. The minimum absolute atomic E-state index is 0.126. The van der Waals surface area contributed by atoms with E-state index in [1.165, 1.54) is 11.3 Å². The van der Waals surface area contributed by atoms with Crippen molar-refractivity contribution in [2.24, 2.45) is 0 Å². The van der Waals surface area contributed by atoms with Crippen molar-refractivity contribution in [3.05, 3.63) is 5.01 Å². The summed E-state index contributed by atoms with van der Waals surface area (Å²) in [5.74, 6) is 0. The standard InChI is InChI=1S/C9H18N4OS/c1-9(2,6-14)13(4)5-7-11-12-8(10-3)15-7/h14H,5-6H2,1-4H3,(H,10,12). The van der Waals surface area contributed by atoms with Gasteiger partial charge in [-0.2, -0.15) is 0 Å². The fourth-order valence-electron chi connectivity index (χ4n) is 0.956. The summed E-state index contributed by atoms with van der Waals surface area (Å²) >= 11 is 1.53. The van der Waals surface area contributed by atoms with E-state index in [4.69, 9.17) is 0 Å². The molecule has 86 valence electrons. The predicted molar refractivity (Wildman–Crippen MR) is 62.1 cm³/mol. The third-order valence-corrected chi connectivity index (χ3v) is 3.40. The van der Waals surface area contributed by atoms with E-state index in [0.717, 1.165) is 10.1 Å². The molecule has 1 aromatic rings. The Kier molecular flexibility index (Phi) is 4.01. The highest BCUT2D eigenvalue weighted by Gasteiger charge is 2.23. The van der Waals surface area contributed by atoms with Crippen LogP contribution in [0.15, 0.2) is 0 Å². The van der Waals surface area contributed by atoms with Crippen molar-refractivity contribution >= 4 is 16.5 Å². The van der Waals surface area contributed by atoms with E-state index in [1.54, 1.807) is 0 Å². The molecule has 0 saturated carbocycles. The summed E-state index contributed by atoms with van der Waals surface area (Å²) in [6, 6.07) is 0. The highest BCUT2D eigenvalue weighted by molar-refractivity contribution is 7.15. The van der Waals surface area contributed by atoms with E-state index >= 15 is 0 Å². The molecule has 0 aromatic carbocycles. The molecule has 0 aliphatic rings. The van der Waals surface area contributed by atoms with Crippen LogP contribution < -0.4 is 5.32 Å². The number of hydrogen-bond donors (Lipinski definition) is 2. The second kappa shape index (κ2) is 4.87. The summed E-state index contributed by atoms with van der Waals surface area (Å²) in [6.07, 6.45) is 0. The lowest BCUT2D eigenvalue weighted by atomic mass is 10.1. The monoisotopic (exact) mass is 230 g/mol. The third-order valence-electron chi connectivity index (χ3n) is 2.47. The van der Waals surface area contributed by atoms with Crippen LogP contribution in [0.25, 0.3) is 0 Å². The normalized spacial score (nSPS) is 12.1. The van der Waals surface area contributed by atoms with Crippen molar-refractivity contribution in [1.82, 2.24) is 15.1 Å². The lowest BCUT2D eigenvalue weighted by Gasteiger charge is -2.32. The molecule has 0 unspecified atom stereocenters. The molecular formula is C9H18N4OS. The van der Waals surface area contributed by atoms with Gasteiger partial charge in [-0.25, -0.2) is 0 Å². The number of nitrogens with one attached hydrogen (secondary N) is 1. The van der Waals surface area contributed by atoms with Crippen LogP contribution in [-0.2, 0) is 6.54 Å². The van der Waals surface area contributed by atoms with Crippen molar-refractivity contribution < 1.29 is 5.11 Å². The molecule has 0 atom stereocenters. The van der Waals surface area contributed by atoms with Gasteiger partial charge < -0.3 is 10.4 Å². The quantitative estimate of drug-likeness (QED) is 0.783. The van der Waals surface area contributed by atoms with Gasteiger partial charge in [0.15, 0.2) is 0 Å². The maximum atomic E-state index is 9.21. The molecular weight excluding hydrogens is 212 g/mol. The van der Waals surface area contributed by atoms with Crippen LogP contribution in [0.4, 0.5) is 5.13 Å². The molecule has 1 aromatic heterocycles. The van der Waals surface area contributed by atoms with Crippen LogP contribution >= 0.6 is 11.3 Å². The second-order valence-electron chi connectivity index (χ2n) is 4.08. The maximum absolute atomic E-state index is 9.21. The molecule has 0 radical (unpaired) electrons. The molecule has 2 N–H and O–H groups in total. The zero-order valence-electron chi connectivity index (χ0n) is 9.61. The Bertz CT molecular complexity index is 313. The van der Waals surface area contributed by atoms with Gasteiger partial charge in [-0.1, -0.05) is 11.3 Å². The number of aliphatic hydroxyl groups is 1. The first kappa shape index (κ1) is 12.4. The maximum Gasteiger partial charge on any atom is 0.205 e. The predicted octanol–water partition coefficient (Wildman–Crippen LogP) is 0.782. The van der Waals surface area contributed by atoms with Crippen LogP contribution in [0, 0.1) is 0 Å². The molecule has 0 saturated heterocycles. The highest BCUT2D eigenvalue weighted by atomic mass is 32.1. The summed E-state index contributed by atoms with van der Waals surface area (Å²) in [6.45, 7) is 4.81. The molecule has 0 spiro atoms. The van der Waals surface area contributed by atoms with Crippen LogP contribution in [-0.4, -0.2) is 46.4 Å². The average molecular weight is 230 g/mol. The fraction of sp³-hybridized carbons (Fsp3) is 0.778. The van der Waals surface area contributed by atoms with E-state index < -0.39 is 0 Å². The van der Waals surface area contributed by atoms with Gasteiger partial charge in [0.05, 0.1) is 13.2 Å². The lowest BCUT2D eigenvalue weighted by molar-refractivity contribution is 0.0732. The van der Waals surface area contributed by atoms with Crippen LogP contribution in [0.2, 0.25) is 0 Å². The summed E-state index contributed by atoms with van der Waals surface area (Å²) in [4.78, 5) is 2.06. The molecule has 0 amide bonds. The largest absolute Gasteiger partial charge is 0.394 e. The lowest BCUT2D eigenvalue weighted by Crippen LogP contribution is -2.43. The van der Waals surface area contributed by atoms with Gasteiger partial charge in [0.1, 0.15) is 5.01 Å². The molecule has 15 heavy (non-hydrogen) atoms. The first-order valence-electron chi connectivity index (χ1n) is 4.82. The average Bonchev–Trinajstić information content (AvgIpc) is 2.65. The van der Waals surface area contributed by atoms with E-state index in [1.807, 2.05) is 27.9 Å². The molecule has 6 heteroatoms. The number of likely N-dealkylation sites (N-methyl/N-ethyl adjacent to an activating group) is 1. The number of aromatic nitrogens is 2. The molecule has 0 aliphatic carbocycles. The van der Waals surface area contributed by atoms with Crippen molar-refractivity contribution in [3.8, 4) is 0 Å². The Hall–Kier alpha value is -0.720. The summed E-state index contributed by atoms with van der Waals surface area (Å²) in [7, 11) is 3.79. The van der Waals surface area contributed by atoms with Gasteiger partial charge >= 0.3 is 0 Å². The Morgan fingerprint density at radius 1 is 1.47 bits per heavy atom. The first-order chi connectivity index (χ1) is 6.99. The minimum Gasteiger partial charge on any atom is -0.394 e. The molecule has 1 heterocycles. The number of aliphatic hydroxyl groups excluding tert-OH is 1. The topological polar surface area (TPSA) is 61.3 Å². The molecule has 0 bridgehead atoms. The number of nitrogens with zero attached hydrogens (tertiary/aromatic N) is 3. The highest BCUT2D eigenvalue weighted by Crippen LogP contribution is 2.19. The summed E-state index contributed by atoms with van der Waals surface area (Å²) in [5.41, 5.74) is -0.231. The second-order valence-corrected chi connectivity index (χ2v) is 5.14. The Labute approximate surface area is 94.1 Å². The van der Waals surface area contributed by atoms with Crippen molar-refractivity contribution in [3.63, 3.8) is 0 Å². The Morgan fingerprint density at radius 3 is 2.60 bits per heavy atom. The van der Waals surface area contributed by atoms with E-state index in [-0.39, 0.29) is 12.1 Å². The van der Waals surface area contributed by atoms with Gasteiger partial charge in [-0.05, 0) is 20.9 Å². The van der Waals surface area contributed by atoms with Crippen molar-refractivity contribution in [1.29, 1.82) is 0 Å². The minimum atomic E-state index is -0.231. The van der Waals surface area contributed by atoms with Crippen molar-refractivity contribution in [2.45, 2.75) is 25.9 Å². The zero-order chi connectivity index (χ0) is 11.5. The van der Waals surface area contributed by atoms with E-state index in [9.17, 15) is 5.11 Å². The number of anilines is 1. The van der Waals surface area contributed by atoms with Gasteiger partial charge in [0.25, 0.3) is 0 Å². The van der Waals surface area contributed by atoms with Gasteiger partial charge in [0, 0.05) is 12.6 Å². The van der Waals surface area contributed by atoms with Gasteiger partial charge in [-0.15, -0.1) is 10.2 Å². The number of rotatable bonds is 5. The Morgan fingerprint density at radius 2 is 2.13 bits per heavy atom. The van der Waals surface area contributed by atoms with Crippen LogP contribution in [0.5, 0.6) is 0 Å². The van der Waals surface area contributed by atoms with Crippen molar-refractivity contribution in [2.75, 3.05) is 26.0 Å². The molecule has 1 rings (SSSR count). The van der Waals surface area contributed by atoms with Gasteiger partial charge in [0.2, 0.25) is 5.13 Å². The molecule has 5 nitrogen and oxygen atoms in total. The molecule has 0 aliphatic heterocycles.